The monoisotopic (exact) mass is 289 g/mol. The molecule has 0 aliphatic carbocycles. The zero-order valence-electron chi connectivity index (χ0n) is 11.3. The number of rotatable bonds is 4. The van der Waals surface area contributed by atoms with Gasteiger partial charge in [0.05, 0.1) is 18.3 Å². The van der Waals surface area contributed by atoms with Gasteiger partial charge in [-0.05, 0) is 18.4 Å². The molecule has 0 aliphatic heterocycles. The molecular formula is C13H15N5OS. The number of hydrogen-bond acceptors (Lipinski definition) is 5. The van der Waals surface area contributed by atoms with Gasteiger partial charge in [-0.2, -0.15) is 5.10 Å². The summed E-state index contributed by atoms with van der Waals surface area (Å²) in [6, 6.07) is 1.87. The summed E-state index contributed by atoms with van der Waals surface area (Å²) in [4.78, 5) is 19.1. The molecule has 3 heterocycles. The minimum atomic E-state index is -0.0700. The predicted octanol–water partition coefficient (Wildman–Crippen LogP) is 1.32. The summed E-state index contributed by atoms with van der Waals surface area (Å²) in [6.45, 7) is 3.25. The molecule has 0 amide bonds. The van der Waals surface area contributed by atoms with Crippen molar-refractivity contribution in [3.8, 4) is 0 Å². The lowest BCUT2D eigenvalue weighted by molar-refractivity contribution is 0.658. The standard InChI is InChI=1S/C13H15N5OS/c1-8-9(6-15-18(8)2)5-14-7-11-16-10-3-4-20-12(10)13(19)17-11/h3-4,6,14H,5,7H2,1-2H3,(H,16,17,19). The highest BCUT2D eigenvalue weighted by atomic mass is 32.1. The van der Waals surface area contributed by atoms with Crippen LogP contribution in [0.2, 0.25) is 0 Å². The molecule has 0 aliphatic rings. The Kier molecular flexibility index (Phi) is 3.37. The molecule has 0 aromatic carbocycles. The van der Waals surface area contributed by atoms with Crippen molar-refractivity contribution in [1.29, 1.82) is 0 Å². The first kappa shape index (κ1) is 13.0. The molecule has 0 saturated heterocycles. The Morgan fingerprint density at radius 2 is 2.30 bits per heavy atom. The van der Waals surface area contributed by atoms with E-state index in [2.05, 4.69) is 20.4 Å². The van der Waals surface area contributed by atoms with Gasteiger partial charge in [0, 0.05) is 24.8 Å². The highest BCUT2D eigenvalue weighted by Gasteiger charge is 2.06. The van der Waals surface area contributed by atoms with Crippen LogP contribution >= 0.6 is 11.3 Å². The van der Waals surface area contributed by atoms with Crippen molar-refractivity contribution < 1.29 is 0 Å². The normalized spacial score (nSPS) is 11.3. The zero-order valence-corrected chi connectivity index (χ0v) is 12.1. The van der Waals surface area contributed by atoms with Crippen molar-refractivity contribution in [2.45, 2.75) is 20.0 Å². The second kappa shape index (κ2) is 5.18. The maximum atomic E-state index is 11.8. The molecule has 0 saturated carbocycles. The first-order valence-electron chi connectivity index (χ1n) is 6.30. The Morgan fingerprint density at radius 1 is 1.45 bits per heavy atom. The molecule has 3 aromatic heterocycles. The third kappa shape index (κ3) is 2.37. The predicted molar refractivity (Wildman–Crippen MR) is 78.7 cm³/mol. The molecule has 0 atom stereocenters. The van der Waals surface area contributed by atoms with Crippen LogP contribution in [0.3, 0.4) is 0 Å². The van der Waals surface area contributed by atoms with Crippen molar-refractivity contribution in [1.82, 2.24) is 25.1 Å². The first-order chi connectivity index (χ1) is 9.65. The van der Waals surface area contributed by atoms with E-state index in [0.29, 0.717) is 23.6 Å². The summed E-state index contributed by atoms with van der Waals surface area (Å²) in [5, 5.41) is 9.35. The first-order valence-corrected chi connectivity index (χ1v) is 7.17. The number of nitrogens with one attached hydrogen (secondary N) is 2. The van der Waals surface area contributed by atoms with Crippen LogP contribution in [0.1, 0.15) is 17.1 Å². The minimum Gasteiger partial charge on any atom is -0.308 e. The summed E-state index contributed by atoms with van der Waals surface area (Å²) in [5.41, 5.74) is 2.96. The van der Waals surface area contributed by atoms with Crippen LogP contribution in [-0.2, 0) is 20.1 Å². The Morgan fingerprint density at radius 3 is 3.05 bits per heavy atom. The second-order valence-corrected chi connectivity index (χ2v) is 5.55. The molecular weight excluding hydrogens is 274 g/mol. The van der Waals surface area contributed by atoms with Gasteiger partial charge in [0.15, 0.2) is 0 Å². The topological polar surface area (TPSA) is 75.6 Å². The number of fused-ring (bicyclic) bond motifs is 1. The van der Waals surface area contributed by atoms with Gasteiger partial charge in [0.25, 0.3) is 5.56 Å². The molecule has 2 N–H and O–H groups in total. The molecule has 0 radical (unpaired) electrons. The third-order valence-corrected chi connectivity index (χ3v) is 4.21. The summed E-state index contributed by atoms with van der Waals surface area (Å²) >= 11 is 1.41. The summed E-state index contributed by atoms with van der Waals surface area (Å²) in [5.74, 6) is 0.655. The Balaban J connectivity index is 1.71. The van der Waals surface area contributed by atoms with E-state index in [-0.39, 0.29) is 5.56 Å². The van der Waals surface area contributed by atoms with Gasteiger partial charge < -0.3 is 10.3 Å². The van der Waals surface area contributed by atoms with E-state index in [1.807, 2.05) is 36.3 Å². The fourth-order valence-corrected chi connectivity index (χ4v) is 2.76. The van der Waals surface area contributed by atoms with Gasteiger partial charge in [-0.25, -0.2) is 4.98 Å². The number of thiophene rings is 1. The molecule has 104 valence electrons. The molecule has 20 heavy (non-hydrogen) atoms. The van der Waals surface area contributed by atoms with Crippen LogP contribution < -0.4 is 10.9 Å². The molecule has 0 unspecified atom stereocenters. The molecule has 3 aromatic rings. The molecule has 7 heteroatoms. The van der Waals surface area contributed by atoms with E-state index >= 15 is 0 Å². The quantitative estimate of drug-likeness (QED) is 0.759. The molecule has 0 fully saturated rings. The van der Waals surface area contributed by atoms with E-state index in [9.17, 15) is 4.79 Å². The minimum absolute atomic E-state index is 0.0700. The van der Waals surface area contributed by atoms with Crippen LogP contribution in [-0.4, -0.2) is 19.7 Å². The van der Waals surface area contributed by atoms with Crippen molar-refractivity contribution in [3.63, 3.8) is 0 Å². The van der Waals surface area contributed by atoms with Crippen LogP contribution in [0.4, 0.5) is 0 Å². The zero-order chi connectivity index (χ0) is 14.1. The summed E-state index contributed by atoms with van der Waals surface area (Å²) in [7, 11) is 1.92. The fourth-order valence-electron chi connectivity index (χ4n) is 2.04. The number of hydrogen-bond donors (Lipinski definition) is 2. The van der Waals surface area contributed by atoms with E-state index in [0.717, 1.165) is 16.8 Å². The Bertz CT molecular complexity index is 801. The highest BCUT2D eigenvalue weighted by Crippen LogP contribution is 2.13. The number of aromatic nitrogens is 4. The van der Waals surface area contributed by atoms with Crippen LogP contribution in [0.5, 0.6) is 0 Å². The lowest BCUT2D eigenvalue weighted by Gasteiger charge is -2.04. The Hall–Kier alpha value is -1.99. The number of nitrogens with zero attached hydrogens (tertiary/aromatic N) is 3. The smallest absolute Gasteiger partial charge is 0.268 e. The largest absolute Gasteiger partial charge is 0.308 e. The number of aryl methyl sites for hydroxylation is 1. The average molecular weight is 289 g/mol. The average Bonchev–Trinajstić information content (AvgIpc) is 3.00. The van der Waals surface area contributed by atoms with Crippen molar-refractivity contribution in [2.75, 3.05) is 0 Å². The third-order valence-electron chi connectivity index (χ3n) is 3.31. The highest BCUT2D eigenvalue weighted by molar-refractivity contribution is 7.17. The van der Waals surface area contributed by atoms with Gasteiger partial charge >= 0.3 is 0 Å². The molecule has 3 rings (SSSR count). The lowest BCUT2D eigenvalue weighted by Crippen LogP contribution is -2.19. The van der Waals surface area contributed by atoms with Crippen molar-refractivity contribution in [3.05, 3.63) is 45.1 Å². The molecule has 0 spiro atoms. The number of H-pyrrole nitrogens is 1. The summed E-state index contributed by atoms with van der Waals surface area (Å²) < 4.78 is 2.52. The van der Waals surface area contributed by atoms with Crippen molar-refractivity contribution in [2.24, 2.45) is 7.05 Å². The Labute approximate surface area is 119 Å². The van der Waals surface area contributed by atoms with Crippen molar-refractivity contribution >= 4 is 21.6 Å². The van der Waals surface area contributed by atoms with E-state index in [1.54, 1.807) is 0 Å². The molecule has 0 bridgehead atoms. The van der Waals surface area contributed by atoms with Crippen LogP contribution in [0.25, 0.3) is 10.2 Å². The van der Waals surface area contributed by atoms with Gasteiger partial charge in [0.2, 0.25) is 0 Å². The maximum absolute atomic E-state index is 11.8. The second-order valence-electron chi connectivity index (χ2n) is 4.63. The van der Waals surface area contributed by atoms with Gasteiger partial charge in [0.1, 0.15) is 10.5 Å². The fraction of sp³-hybridized carbons (Fsp3) is 0.308. The summed E-state index contributed by atoms with van der Waals surface area (Å²) in [6.07, 6.45) is 1.85. The van der Waals surface area contributed by atoms with Gasteiger partial charge in [-0.15, -0.1) is 11.3 Å². The van der Waals surface area contributed by atoms with Crippen LogP contribution in [0.15, 0.2) is 22.4 Å². The molecule has 6 nitrogen and oxygen atoms in total. The van der Waals surface area contributed by atoms with E-state index in [4.69, 9.17) is 0 Å². The lowest BCUT2D eigenvalue weighted by atomic mass is 10.2. The maximum Gasteiger partial charge on any atom is 0.268 e. The van der Waals surface area contributed by atoms with E-state index in [1.165, 1.54) is 11.3 Å². The van der Waals surface area contributed by atoms with Crippen LogP contribution in [0, 0.1) is 6.92 Å². The SMILES string of the molecule is Cc1c(CNCc2nc3ccsc3c(=O)[nH]2)cnn1C. The number of aromatic amines is 1. The van der Waals surface area contributed by atoms with Gasteiger partial charge in [-0.1, -0.05) is 0 Å². The van der Waals surface area contributed by atoms with Gasteiger partial charge in [-0.3, -0.25) is 9.48 Å². The van der Waals surface area contributed by atoms with E-state index < -0.39 is 0 Å².